The molecule has 0 fully saturated rings. The molecule has 0 aromatic heterocycles. The number of ether oxygens (including phenoxy) is 1. The molecule has 3 rings (SSSR count). The van der Waals surface area contributed by atoms with Gasteiger partial charge in [0.25, 0.3) is 0 Å². The van der Waals surface area contributed by atoms with Crippen LogP contribution in [0.25, 0.3) is 11.1 Å². The van der Waals surface area contributed by atoms with Crippen LogP contribution in [-0.4, -0.2) is 42.3 Å². The van der Waals surface area contributed by atoms with Crippen LogP contribution >= 0.6 is 0 Å². The molecule has 0 bridgehead atoms. The summed E-state index contributed by atoms with van der Waals surface area (Å²) in [5.74, 6) is -1.05. The van der Waals surface area contributed by atoms with Gasteiger partial charge in [0.15, 0.2) is 0 Å². The van der Waals surface area contributed by atoms with Crippen molar-refractivity contribution in [3.63, 3.8) is 0 Å². The van der Waals surface area contributed by atoms with E-state index in [9.17, 15) is 14.4 Å². The number of nitrogens with one attached hydrogen (secondary N) is 2. The van der Waals surface area contributed by atoms with E-state index in [4.69, 9.17) is 9.84 Å². The first kappa shape index (κ1) is 24.3. The van der Waals surface area contributed by atoms with Gasteiger partial charge in [0, 0.05) is 18.9 Å². The third kappa shape index (κ3) is 6.57. The van der Waals surface area contributed by atoms with Crippen molar-refractivity contribution < 1.29 is 24.2 Å². The molecule has 0 radical (unpaired) electrons. The molecule has 7 heteroatoms. The molecule has 0 spiro atoms. The summed E-state index contributed by atoms with van der Waals surface area (Å²) < 4.78 is 5.53. The minimum Gasteiger partial charge on any atom is -0.481 e. The van der Waals surface area contributed by atoms with Gasteiger partial charge in [-0.2, -0.15) is 0 Å². The molecule has 0 heterocycles. The number of aliphatic carboxylic acids is 1. The Morgan fingerprint density at radius 3 is 2.15 bits per heavy atom. The quantitative estimate of drug-likeness (QED) is 0.413. The Morgan fingerprint density at radius 2 is 1.55 bits per heavy atom. The monoisotopic (exact) mass is 452 g/mol. The van der Waals surface area contributed by atoms with Gasteiger partial charge in [0.05, 0.1) is 0 Å². The van der Waals surface area contributed by atoms with Crippen LogP contribution < -0.4 is 10.6 Å². The Kier molecular flexibility index (Phi) is 8.87. The SMILES string of the molecule is CC[C@H](NC(=O)OCC1c2ccccc2-c2ccccc21)C(=O)NCCCCCCC(=O)O. The number of carbonyl (C=O) groups is 3. The van der Waals surface area contributed by atoms with Crippen molar-refractivity contribution in [2.75, 3.05) is 13.2 Å². The number of fused-ring (bicyclic) bond motifs is 3. The molecule has 0 saturated carbocycles. The van der Waals surface area contributed by atoms with Gasteiger partial charge in [-0.05, 0) is 41.5 Å². The topological polar surface area (TPSA) is 105 Å². The number of amides is 2. The number of benzene rings is 2. The van der Waals surface area contributed by atoms with Crippen molar-refractivity contribution in [2.24, 2.45) is 0 Å². The molecule has 2 amide bonds. The molecule has 33 heavy (non-hydrogen) atoms. The number of carbonyl (C=O) groups excluding carboxylic acids is 2. The first-order valence-electron chi connectivity index (χ1n) is 11.6. The van der Waals surface area contributed by atoms with Gasteiger partial charge in [-0.3, -0.25) is 9.59 Å². The summed E-state index contributed by atoms with van der Waals surface area (Å²) in [5, 5.41) is 14.1. The minimum atomic E-state index is -0.784. The molecule has 7 nitrogen and oxygen atoms in total. The van der Waals surface area contributed by atoms with E-state index in [2.05, 4.69) is 34.9 Å². The van der Waals surface area contributed by atoms with Gasteiger partial charge in [-0.15, -0.1) is 0 Å². The fourth-order valence-corrected chi connectivity index (χ4v) is 4.22. The van der Waals surface area contributed by atoms with Gasteiger partial charge in [-0.1, -0.05) is 68.3 Å². The molecular formula is C26H32N2O5. The van der Waals surface area contributed by atoms with Crippen LogP contribution in [0.5, 0.6) is 0 Å². The molecular weight excluding hydrogens is 420 g/mol. The van der Waals surface area contributed by atoms with Crippen LogP contribution in [0.2, 0.25) is 0 Å². The highest BCUT2D eigenvalue weighted by Crippen LogP contribution is 2.44. The number of unbranched alkanes of at least 4 members (excludes halogenated alkanes) is 3. The number of carboxylic acids is 1. The molecule has 3 N–H and O–H groups in total. The van der Waals surface area contributed by atoms with E-state index in [1.165, 1.54) is 0 Å². The van der Waals surface area contributed by atoms with Crippen LogP contribution in [0.4, 0.5) is 4.79 Å². The fraction of sp³-hybridized carbons (Fsp3) is 0.423. The van der Waals surface area contributed by atoms with Crippen molar-refractivity contribution in [1.29, 1.82) is 0 Å². The fourth-order valence-electron chi connectivity index (χ4n) is 4.22. The molecule has 176 valence electrons. The lowest BCUT2D eigenvalue weighted by atomic mass is 9.98. The highest BCUT2D eigenvalue weighted by Gasteiger charge is 2.29. The largest absolute Gasteiger partial charge is 0.481 e. The van der Waals surface area contributed by atoms with Crippen LogP contribution in [0, 0.1) is 0 Å². The van der Waals surface area contributed by atoms with E-state index in [0.717, 1.165) is 41.5 Å². The van der Waals surface area contributed by atoms with Gasteiger partial charge in [-0.25, -0.2) is 4.79 Å². The predicted octanol–water partition coefficient (Wildman–Crippen LogP) is 4.46. The van der Waals surface area contributed by atoms with Crippen molar-refractivity contribution in [3.05, 3.63) is 59.7 Å². The maximum Gasteiger partial charge on any atom is 0.407 e. The van der Waals surface area contributed by atoms with E-state index >= 15 is 0 Å². The summed E-state index contributed by atoms with van der Waals surface area (Å²) in [7, 11) is 0. The molecule has 2 aromatic rings. The Labute approximate surface area is 194 Å². The maximum atomic E-state index is 12.4. The van der Waals surface area contributed by atoms with Crippen molar-refractivity contribution in [3.8, 4) is 11.1 Å². The second-order valence-electron chi connectivity index (χ2n) is 8.28. The van der Waals surface area contributed by atoms with Crippen molar-refractivity contribution in [1.82, 2.24) is 10.6 Å². The molecule has 1 atom stereocenters. The summed E-state index contributed by atoms with van der Waals surface area (Å²) in [6.07, 6.45) is 3.11. The zero-order valence-electron chi connectivity index (χ0n) is 19.0. The first-order valence-corrected chi connectivity index (χ1v) is 11.6. The lowest BCUT2D eigenvalue weighted by molar-refractivity contribution is -0.137. The third-order valence-electron chi connectivity index (χ3n) is 5.98. The smallest absolute Gasteiger partial charge is 0.407 e. The Bertz CT molecular complexity index is 929. The average molecular weight is 453 g/mol. The molecule has 1 aliphatic rings. The first-order chi connectivity index (χ1) is 16.0. The predicted molar refractivity (Wildman–Crippen MR) is 126 cm³/mol. The average Bonchev–Trinajstić information content (AvgIpc) is 3.14. The molecule has 2 aromatic carbocycles. The number of carboxylic acid groups (broad SMARTS) is 1. The molecule has 0 unspecified atom stereocenters. The van der Waals surface area contributed by atoms with Crippen LogP contribution in [0.1, 0.15) is 62.5 Å². The highest BCUT2D eigenvalue weighted by molar-refractivity contribution is 5.85. The lowest BCUT2D eigenvalue weighted by Gasteiger charge is -2.18. The van der Waals surface area contributed by atoms with Crippen LogP contribution in [0.3, 0.4) is 0 Å². The number of rotatable bonds is 12. The number of hydrogen-bond acceptors (Lipinski definition) is 4. The van der Waals surface area contributed by atoms with E-state index in [1.54, 1.807) is 0 Å². The summed E-state index contributed by atoms with van der Waals surface area (Å²) >= 11 is 0. The zero-order valence-corrected chi connectivity index (χ0v) is 19.0. The minimum absolute atomic E-state index is 0.0295. The summed E-state index contributed by atoms with van der Waals surface area (Å²) in [5.41, 5.74) is 4.60. The zero-order chi connectivity index (χ0) is 23.6. The second-order valence-corrected chi connectivity index (χ2v) is 8.28. The van der Waals surface area contributed by atoms with Gasteiger partial charge >= 0.3 is 12.1 Å². The number of alkyl carbamates (subject to hydrolysis) is 1. The highest BCUT2D eigenvalue weighted by atomic mass is 16.5. The molecule has 0 aliphatic heterocycles. The summed E-state index contributed by atoms with van der Waals surface area (Å²) in [4.78, 5) is 35.4. The Morgan fingerprint density at radius 1 is 0.939 bits per heavy atom. The van der Waals surface area contributed by atoms with Crippen LogP contribution in [-0.2, 0) is 14.3 Å². The Balaban J connectivity index is 1.44. The number of hydrogen-bond donors (Lipinski definition) is 3. The van der Waals surface area contributed by atoms with E-state index < -0.39 is 18.1 Å². The van der Waals surface area contributed by atoms with Gasteiger partial charge in [0.2, 0.25) is 5.91 Å². The third-order valence-corrected chi connectivity index (χ3v) is 5.98. The Hall–Kier alpha value is -3.35. The maximum absolute atomic E-state index is 12.4. The van der Waals surface area contributed by atoms with Gasteiger partial charge < -0.3 is 20.5 Å². The second kappa shape index (κ2) is 12.0. The van der Waals surface area contributed by atoms with Crippen molar-refractivity contribution in [2.45, 2.75) is 57.4 Å². The normalized spacial score (nSPS) is 13.0. The van der Waals surface area contributed by atoms with E-state index in [-0.39, 0.29) is 24.9 Å². The lowest BCUT2D eigenvalue weighted by Crippen LogP contribution is -2.46. The van der Waals surface area contributed by atoms with E-state index in [0.29, 0.717) is 19.4 Å². The van der Waals surface area contributed by atoms with Crippen LogP contribution in [0.15, 0.2) is 48.5 Å². The summed E-state index contributed by atoms with van der Waals surface area (Å²) in [6, 6.07) is 15.6. The summed E-state index contributed by atoms with van der Waals surface area (Å²) in [6.45, 7) is 2.53. The molecule has 1 aliphatic carbocycles. The molecule has 0 saturated heterocycles. The van der Waals surface area contributed by atoms with Gasteiger partial charge in [0.1, 0.15) is 12.6 Å². The van der Waals surface area contributed by atoms with Crippen molar-refractivity contribution >= 4 is 18.0 Å². The standard InChI is InChI=1S/C26H32N2O5/c1-2-23(25(31)27-16-10-4-3-5-15-24(29)30)28-26(32)33-17-22-20-13-8-6-11-18(20)19-12-7-9-14-21(19)22/h6-9,11-14,22-23H,2-5,10,15-17H2,1H3,(H,27,31)(H,28,32)(H,29,30)/t23-/m0/s1. The van der Waals surface area contributed by atoms with E-state index in [1.807, 2.05) is 31.2 Å².